The molecule has 1 heterocycles. The number of rotatable bonds is 6. The van der Waals surface area contributed by atoms with Crippen molar-refractivity contribution in [2.45, 2.75) is 25.8 Å². The van der Waals surface area contributed by atoms with E-state index in [-0.39, 0.29) is 19.1 Å². The van der Waals surface area contributed by atoms with Crippen molar-refractivity contribution in [3.05, 3.63) is 11.8 Å². The minimum atomic E-state index is -0.137. The molecule has 0 radical (unpaired) electrons. The molecule has 2 N–H and O–H groups in total. The molecule has 0 bridgehead atoms. The smallest absolute Gasteiger partial charge is 0.240 e. The SMILES string of the molecule is Cc1cc(NC(=O)CN(CCO)C2CC2)on1. The Kier molecular flexibility index (Phi) is 3.75. The molecule has 0 saturated heterocycles. The first kappa shape index (κ1) is 12.1. The first-order valence-electron chi connectivity index (χ1n) is 5.77. The largest absolute Gasteiger partial charge is 0.395 e. The standard InChI is InChI=1S/C11H17N3O3/c1-8-6-11(17-13-8)12-10(16)7-14(4-5-15)9-2-3-9/h6,9,15H,2-5,7H2,1H3,(H,12,16). The minimum Gasteiger partial charge on any atom is -0.395 e. The van der Waals surface area contributed by atoms with Crippen LogP contribution in [0.5, 0.6) is 0 Å². The molecule has 0 atom stereocenters. The van der Waals surface area contributed by atoms with Gasteiger partial charge in [-0.1, -0.05) is 5.16 Å². The molecule has 6 heteroatoms. The number of carbonyl (C=O) groups excluding carboxylic acids is 1. The zero-order valence-corrected chi connectivity index (χ0v) is 9.85. The lowest BCUT2D eigenvalue weighted by molar-refractivity contribution is -0.117. The van der Waals surface area contributed by atoms with E-state index < -0.39 is 0 Å². The van der Waals surface area contributed by atoms with Gasteiger partial charge in [-0.3, -0.25) is 15.0 Å². The Morgan fingerprint density at radius 3 is 3.00 bits per heavy atom. The Labute approximate surface area is 99.6 Å². The molecule has 1 amide bonds. The number of amides is 1. The lowest BCUT2D eigenvalue weighted by Crippen LogP contribution is -2.36. The molecule has 1 aliphatic rings. The van der Waals surface area contributed by atoms with Crippen LogP contribution in [0.1, 0.15) is 18.5 Å². The molecule has 1 aromatic rings. The van der Waals surface area contributed by atoms with Crippen molar-refractivity contribution in [1.82, 2.24) is 10.1 Å². The summed E-state index contributed by atoms with van der Waals surface area (Å²) in [4.78, 5) is 13.7. The fourth-order valence-corrected chi connectivity index (χ4v) is 1.74. The highest BCUT2D eigenvalue weighted by molar-refractivity contribution is 5.91. The lowest BCUT2D eigenvalue weighted by atomic mass is 10.4. The van der Waals surface area contributed by atoms with Crippen LogP contribution in [-0.4, -0.2) is 46.8 Å². The van der Waals surface area contributed by atoms with Gasteiger partial charge in [-0.05, 0) is 19.8 Å². The molecule has 1 aliphatic carbocycles. The van der Waals surface area contributed by atoms with Gasteiger partial charge in [0.25, 0.3) is 0 Å². The number of hydrogen-bond donors (Lipinski definition) is 2. The second-order valence-corrected chi connectivity index (χ2v) is 4.31. The van der Waals surface area contributed by atoms with Gasteiger partial charge in [-0.15, -0.1) is 0 Å². The van der Waals surface area contributed by atoms with Crippen LogP contribution in [0.25, 0.3) is 0 Å². The normalized spacial score (nSPS) is 15.2. The molecule has 2 rings (SSSR count). The van der Waals surface area contributed by atoms with E-state index >= 15 is 0 Å². The van der Waals surface area contributed by atoms with E-state index in [9.17, 15) is 4.79 Å². The Bertz CT molecular complexity index is 387. The summed E-state index contributed by atoms with van der Waals surface area (Å²) >= 11 is 0. The minimum absolute atomic E-state index is 0.0746. The molecule has 6 nitrogen and oxygen atoms in total. The average Bonchev–Trinajstić information content (AvgIpc) is 3.03. The Hall–Kier alpha value is -1.40. The van der Waals surface area contributed by atoms with E-state index in [0.29, 0.717) is 18.5 Å². The van der Waals surface area contributed by atoms with Crippen LogP contribution in [0.2, 0.25) is 0 Å². The van der Waals surface area contributed by atoms with Crippen LogP contribution in [0, 0.1) is 6.92 Å². The summed E-state index contributed by atoms with van der Waals surface area (Å²) in [6.45, 7) is 2.69. The van der Waals surface area contributed by atoms with Crippen LogP contribution >= 0.6 is 0 Å². The summed E-state index contributed by atoms with van der Waals surface area (Å²) in [6.07, 6.45) is 2.21. The predicted octanol–water partition coefficient (Wildman–Crippen LogP) is 0.378. The van der Waals surface area contributed by atoms with Gasteiger partial charge in [0.05, 0.1) is 18.8 Å². The second-order valence-electron chi connectivity index (χ2n) is 4.31. The first-order valence-corrected chi connectivity index (χ1v) is 5.77. The molecule has 0 aliphatic heterocycles. The van der Waals surface area contributed by atoms with Crippen molar-refractivity contribution in [2.75, 3.05) is 25.0 Å². The quantitative estimate of drug-likeness (QED) is 0.750. The molecule has 0 aromatic carbocycles. The molecule has 0 spiro atoms. The van der Waals surface area contributed by atoms with Crippen molar-refractivity contribution in [3.63, 3.8) is 0 Å². The highest BCUT2D eigenvalue weighted by Gasteiger charge is 2.29. The van der Waals surface area contributed by atoms with Crippen LogP contribution in [0.15, 0.2) is 10.6 Å². The third-order valence-corrected chi connectivity index (χ3v) is 2.69. The highest BCUT2D eigenvalue weighted by Crippen LogP contribution is 2.26. The highest BCUT2D eigenvalue weighted by atomic mass is 16.5. The third-order valence-electron chi connectivity index (χ3n) is 2.69. The summed E-state index contributed by atoms with van der Waals surface area (Å²) in [5, 5.41) is 15.2. The maximum Gasteiger partial charge on any atom is 0.240 e. The average molecular weight is 239 g/mol. The monoisotopic (exact) mass is 239 g/mol. The zero-order valence-electron chi connectivity index (χ0n) is 9.85. The van der Waals surface area contributed by atoms with E-state index in [1.165, 1.54) is 0 Å². The van der Waals surface area contributed by atoms with E-state index in [4.69, 9.17) is 9.63 Å². The molecule has 1 fully saturated rings. The second kappa shape index (κ2) is 5.29. The van der Waals surface area contributed by atoms with Crippen molar-refractivity contribution in [2.24, 2.45) is 0 Å². The summed E-state index contributed by atoms with van der Waals surface area (Å²) in [6, 6.07) is 2.12. The van der Waals surface area contributed by atoms with E-state index in [1.54, 1.807) is 13.0 Å². The molecule has 94 valence electrons. The Morgan fingerprint density at radius 1 is 1.71 bits per heavy atom. The van der Waals surface area contributed by atoms with Gasteiger partial charge >= 0.3 is 0 Å². The number of nitrogens with one attached hydrogen (secondary N) is 1. The topological polar surface area (TPSA) is 78.6 Å². The number of nitrogens with zero attached hydrogens (tertiary/aromatic N) is 2. The number of anilines is 1. The number of carbonyl (C=O) groups is 1. The van der Waals surface area contributed by atoms with Gasteiger partial charge in [0.2, 0.25) is 11.8 Å². The van der Waals surface area contributed by atoms with Gasteiger partial charge in [0.15, 0.2) is 0 Å². The Balaban J connectivity index is 1.83. The van der Waals surface area contributed by atoms with Crippen molar-refractivity contribution in [3.8, 4) is 0 Å². The van der Waals surface area contributed by atoms with Crippen LogP contribution in [-0.2, 0) is 4.79 Å². The summed E-state index contributed by atoms with van der Waals surface area (Å²) in [5.41, 5.74) is 0.731. The molecule has 1 aromatic heterocycles. The van der Waals surface area contributed by atoms with Crippen LogP contribution in [0.4, 0.5) is 5.88 Å². The number of aliphatic hydroxyl groups excluding tert-OH is 1. The van der Waals surface area contributed by atoms with E-state index in [2.05, 4.69) is 10.5 Å². The predicted molar refractivity (Wildman–Crippen MR) is 61.6 cm³/mol. The molecule has 1 saturated carbocycles. The van der Waals surface area contributed by atoms with Gasteiger partial charge in [-0.2, -0.15) is 0 Å². The van der Waals surface area contributed by atoms with Crippen LogP contribution < -0.4 is 5.32 Å². The van der Waals surface area contributed by atoms with Gasteiger partial charge in [0.1, 0.15) is 0 Å². The van der Waals surface area contributed by atoms with E-state index in [0.717, 1.165) is 18.5 Å². The third kappa shape index (κ3) is 3.54. The fraction of sp³-hybridized carbons (Fsp3) is 0.636. The van der Waals surface area contributed by atoms with E-state index in [1.807, 2.05) is 4.90 Å². The number of aliphatic hydroxyl groups is 1. The molecule has 17 heavy (non-hydrogen) atoms. The summed E-state index contributed by atoms with van der Waals surface area (Å²) < 4.78 is 4.90. The van der Waals surface area contributed by atoms with Gasteiger partial charge < -0.3 is 9.63 Å². The maximum atomic E-state index is 11.7. The lowest BCUT2D eigenvalue weighted by Gasteiger charge is -2.19. The van der Waals surface area contributed by atoms with Crippen molar-refractivity contribution < 1.29 is 14.4 Å². The fourth-order valence-electron chi connectivity index (χ4n) is 1.74. The molecular formula is C11H17N3O3. The van der Waals surface area contributed by atoms with Gasteiger partial charge in [0, 0.05) is 18.7 Å². The van der Waals surface area contributed by atoms with Crippen molar-refractivity contribution in [1.29, 1.82) is 0 Å². The molecule has 0 unspecified atom stereocenters. The summed E-state index contributed by atoms with van der Waals surface area (Å²) in [5.74, 6) is 0.230. The van der Waals surface area contributed by atoms with Crippen molar-refractivity contribution >= 4 is 11.8 Å². The Morgan fingerprint density at radius 2 is 2.47 bits per heavy atom. The van der Waals surface area contributed by atoms with Crippen LogP contribution in [0.3, 0.4) is 0 Å². The number of aryl methyl sites for hydroxylation is 1. The summed E-state index contributed by atoms with van der Waals surface area (Å²) in [7, 11) is 0. The number of hydrogen-bond acceptors (Lipinski definition) is 5. The maximum absolute atomic E-state index is 11.7. The first-order chi connectivity index (χ1) is 8.19. The molecular weight excluding hydrogens is 222 g/mol. The zero-order chi connectivity index (χ0) is 12.3. The van der Waals surface area contributed by atoms with Gasteiger partial charge in [-0.25, -0.2) is 0 Å². The number of aromatic nitrogens is 1.